The molecule has 0 aliphatic heterocycles. The van der Waals surface area contributed by atoms with Crippen molar-refractivity contribution in [3.05, 3.63) is 247 Å². The number of para-hydroxylation sites is 5. The van der Waals surface area contributed by atoms with E-state index in [2.05, 4.69) is 234 Å². The normalized spacial score (nSPS) is 13.4. The molecule has 0 saturated carbocycles. The third kappa shape index (κ3) is 4.51. The van der Waals surface area contributed by atoms with Gasteiger partial charge in [0.25, 0.3) is 0 Å². The third-order valence-corrected chi connectivity index (χ3v) is 14.7. The van der Waals surface area contributed by atoms with Crippen LogP contribution in [0.15, 0.2) is 224 Å². The Morgan fingerprint density at radius 1 is 0.292 bits per heavy atom. The number of rotatable bonds is 3. The fourth-order valence-electron chi connectivity index (χ4n) is 12.1. The van der Waals surface area contributed by atoms with Crippen LogP contribution in [0.3, 0.4) is 0 Å². The fraction of sp³-hybridized carbons (Fsp3) is 0.0161. The maximum Gasteiger partial charge on any atom is 0.0789 e. The van der Waals surface area contributed by atoms with Crippen LogP contribution in [-0.4, -0.2) is 14.1 Å². The fourth-order valence-corrected chi connectivity index (χ4v) is 12.1. The van der Waals surface area contributed by atoms with Gasteiger partial charge in [0.2, 0.25) is 0 Å². The van der Waals surface area contributed by atoms with Gasteiger partial charge in [-0.1, -0.05) is 164 Å². The highest BCUT2D eigenvalue weighted by Crippen LogP contribution is 2.63. The summed E-state index contributed by atoms with van der Waals surface area (Å²) in [6, 6.07) is 83.3. The van der Waals surface area contributed by atoms with E-state index in [9.17, 15) is 0 Å². The van der Waals surface area contributed by atoms with Crippen molar-refractivity contribution in [3.8, 4) is 44.9 Å². The minimum Gasteiger partial charge on any atom is -0.309 e. The second-order valence-electron chi connectivity index (χ2n) is 17.8. The Hall–Kier alpha value is -8.53. The summed E-state index contributed by atoms with van der Waals surface area (Å²) in [6.45, 7) is 0. The molecule has 10 aromatic carbocycles. The highest BCUT2D eigenvalue weighted by molar-refractivity contribution is 6.15. The highest BCUT2D eigenvalue weighted by atomic mass is 15.0. The first-order chi connectivity index (χ1) is 32.3. The Kier molecular flexibility index (Phi) is 6.88. The smallest absolute Gasteiger partial charge is 0.0789 e. The number of hydrogen-bond donors (Lipinski definition) is 0. The largest absolute Gasteiger partial charge is 0.309 e. The van der Waals surface area contributed by atoms with Crippen LogP contribution in [0.4, 0.5) is 0 Å². The second kappa shape index (κ2) is 12.8. The Morgan fingerprint density at radius 2 is 0.692 bits per heavy atom. The number of hydrogen-bond acceptors (Lipinski definition) is 1. The van der Waals surface area contributed by atoms with Crippen LogP contribution in [0.5, 0.6) is 0 Å². The molecule has 0 saturated heterocycles. The van der Waals surface area contributed by atoms with Gasteiger partial charge < -0.3 is 9.13 Å². The summed E-state index contributed by atoms with van der Waals surface area (Å²) in [6.07, 6.45) is 0. The van der Waals surface area contributed by atoms with Crippen LogP contribution in [0.1, 0.15) is 22.3 Å². The van der Waals surface area contributed by atoms with Crippen molar-refractivity contribution in [2.24, 2.45) is 0 Å². The van der Waals surface area contributed by atoms with Gasteiger partial charge in [-0.25, -0.2) is 4.98 Å². The SMILES string of the molecule is c1ccc2c(c1)-c1ccccc1C21c2ccccc2-c2cc3c(cc21)c(-c1cc(-n2c4ccccc4c4ccccc42)cc(-n2c4ccccc4c4ccccc42)c1)nc1ccccc13. The van der Waals surface area contributed by atoms with Crippen molar-refractivity contribution in [1.29, 1.82) is 0 Å². The first-order valence-corrected chi connectivity index (χ1v) is 22.5. The maximum atomic E-state index is 5.73. The van der Waals surface area contributed by atoms with Crippen LogP contribution in [0.25, 0.3) is 110 Å². The molecule has 0 bridgehead atoms. The maximum absolute atomic E-state index is 5.73. The lowest BCUT2D eigenvalue weighted by molar-refractivity contribution is 0.795. The average Bonchev–Trinajstić information content (AvgIpc) is 4.08. The van der Waals surface area contributed by atoms with Crippen molar-refractivity contribution in [3.63, 3.8) is 0 Å². The molecule has 0 fully saturated rings. The summed E-state index contributed by atoms with van der Waals surface area (Å²) in [5.74, 6) is 0. The van der Waals surface area contributed by atoms with E-state index in [0.29, 0.717) is 0 Å². The van der Waals surface area contributed by atoms with Gasteiger partial charge in [0.1, 0.15) is 0 Å². The van der Waals surface area contributed by atoms with Crippen molar-refractivity contribution < 1.29 is 0 Å². The summed E-state index contributed by atoms with van der Waals surface area (Å²) >= 11 is 0. The predicted octanol–water partition coefficient (Wildman–Crippen LogP) is 15.6. The van der Waals surface area contributed by atoms with Gasteiger partial charge in [-0.2, -0.15) is 0 Å². The van der Waals surface area contributed by atoms with E-state index in [4.69, 9.17) is 4.98 Å². The van der Waals surface area contributed by atoms with Gasteiger partial charge in [0, 0.05) is 49.3 Å². The number of nitrogens with zero attached hydrogens (tertiary/aromatic N) is 3. The molecule has 3 heterocycles. The van der Waals surface area contributed by atoms with E-state index in [1.54, 1.807) is 0 Å². The van der Waals surface area contributed by atoms with Crippen LogP contribution in [0, 0.1) is 0 Å². The second-order valence-corrected chi connectivity index (χ2v) is 17.8. The van der Waals surface area contributed by atoms with Gasteiger partial charge in [-0.05, 0) is 111 Å². The van der Waals surface area contributed by atoms with E-state index in [1.807, 2.05) is 0 Å². The van der Waals surface area contributed by atoms with Crippen molar-refractivity contribution in [2.45, 2.75) is 5.41 Å². The molecule has 300 valence electrons. The monoisotopic (exact) mass is 823 g/mol. The van der Waals surface area contributed by atoms with Gasteiger partial charge in [0.05, 0.1) is 38.7 Å². The third-order valence-electron chi connectivity index (χ3n) is 14.7. The molecule has 1 spiro atoms. The molecule has 3 heteroatoms. The standard InChI is InChI=1S/C62H37N3/c1-9-25-52-41(17-1)42-18-2-10-26-53(42)62(52)54-27-11-3-19-43(54)50-36-49-44-20-4-12-28-56(44)63-61(51(49)37-55(50)62)38-33-39(64-57-29-13-5-21-45(57)46-22-6-14-30-58(46)64)35-40(34-38)65-59-31-15-7-23-47(59)48-24-8-16-32-60(48)65/h1-37H. The molecule has 13 aromatic rings. The van der Waals surface area contributed by atoms with E-state index in [-0.39, 0.29) is 0 Å². The van der Waals surface area contributed by atoms with Crippen LogP contribution in [-0.2, 0) is 5.41 Å². The van der Waals surface area contributed by atoms with Gasteiger partial charge in [-0.15, -0.1) is 0 Å². The van der Waals surface area contributed by atoms with Crippen LogP contribution < -0.4 is 0 Å². The Morgan fingerprint density at radius 3 is 1.18 bits per heavy atom. The quantitative estimate of drug-likeness (QED) is 0.163. The Balaban J connectivity index is 1.10. The van der Waals surface area contributed by atoms with Gasteiger partial charge >= 0.3 is 0 Å². The topological polar surface area (TPSA) is 22.8 Å². The molecule has 65 heavy (non-hydrogen) atoms. The van der Waals surface area contributed by atoms with Crippen LogP contribution >= 0.6 is 0 Å². The Labute approximate surface area is 374 Å². The molecule has 0 radical (unpaired) electrons. The van der Waals surface area contributed by atoms with Gasteiger partial charge in [-0.3, -0.25) is 0 Å². The summed E-state index contributed by atoms with van der Waals surface area (Å²) in [4.78, 5) is 5.73. The average molecular weight is 824 g/mol. The van der Waals surface area contributed by atoms with Crippen molar-refractivity contribution in [2.75, 3.05) is 0 Å². The minimum atomic E-state index is -0.477. The van der Waals surface area contributed by atoms with Gasteiger partial charge in [0.15, 0.2) is 0 Å². The Bertz CT molecular complexity index is 3920. The molecule has 2 aliphatic rings. The molecule has 3 nitrogen and oxygen atoms in total. The first kappa shape index (κ1) is 35.0. The molecule has 0 unspecified atom stereocenters. The highest BCUT2D eigenvalue weighted by Gasteiger charge is 2.51. The van der Waals surface area contributed by atoms with Crippen LogP contribution in [0.2, 0.25) is 0 Å². The minimum absolute atomic E-state index is 0.477. The first-order valence-electron chi connectivity index (χ1n) is 22.5. The number of aromatic nitrogens is 3. The zero-order valence-corrected chi connectivity index (χ0v) is 35.2. The lowest BCUT2D eigenvalue weighted by Gasteiger charge is -2.30. The predicted molar refractivity (Wildman–Crippen MR) is 270 cm³/mol. The zero-order chi connectivity index (χ0) is 42.4. The van der Waals surface area contributed by atoms with Crippen molar-refractivity contribution in [1.82, 2.24) is 14.1 Å². The number of benzene rings is 10. The lowest BCUT2D eigenvalue weighted by Crippen LogP contribution is -2.25. The number of fused-ring (bicyclic) bond motifs is 19. The summed E-state index contributed by atoms with van der Waals surface area (Å²) in [7, 11) is 0. The molecule has 0 amide bonds. The van der Waals surface area contributed by atoms with E-state index < -0.39 is 5.41 Å². The summed E-state index contributed by atoms with van der Waals surface area (Å²) in [5.41, 5.74) is 19.9. The van der Waals surface area contributed by atoms with E-state index >= 15 is 0 Å². The molecule has 15 rings (SSSR count). The zero-order valence-electron chi connectivity index (χ0n) is 35.2. The molecular weight excluding hydrogens is 787 g/mol. The van der Waals surface area contributed by atoms with Crippen molar-refractivity contribution >= 4 is 65.3 Å². The summed E-state index contributed by atoms with van der Waals surface area (Å²) < 4.78 is 4.90. The molecule has 0 N–H and O–H groups in total. The molecule has 2 aliphatic carbocycles. The number of pyridine rings is 1. The van der Waals surface area contributed by atoms with E-state index in [0.717, 1.165) is 38.9 Å². The molecule has 0 atom stereocenters. The summed E-state index contributed by atoms with van der Waals surface area (Å²) in [5, 5.41) is 8.44. The molecule has 3 aromatic heterocycles. The lowest BCUT2D eigenvalue weighted by atomic mass is 9.70. The molecular formula is C62H37N3. The van der Waals surface area contributed by atoms with E-state index in [1.165, 1.54) is 93.5 Å².